The number of aromatic nitrogens is 2. The molecule has 0 spiro atoms. The smallest absolute Gasteiger partial charge is 0.264 e. The third kappa shape index (κ3) is 3.92. The van der Waals surface area contributed by atoms with Crippen molar-refractivity contribution in [2.75, 3.05) is 12.5 Å². The Bertz CT molecular complexity index is 920. The molecule has 4 rings (SSSR count). The summed E-state index contributed by atoms with van der Waals surface area (Å²) >= 11 is 0. The minimum absolute atomic E-state index is 0. The van der Waals surface area contributed by atoms with Crippen LogP contribution in [0.25, 0.3) is 11.3 Å². The van der Waals surface area contributed by atoms with Gasteiger partial charge in [-0.15, -0.1) is 0 Å². The predicted octanol–water partition coefficient (Wildman–Crippen LogP) is 2.97. The lowest BCUT2D eigenvalue weighted by atomic mass is 10.0. The normalized spacial score (nSPS) is 12.3. The summed E-state index contributed by atoms with van der Waals surface area (Å²) in [6.07, 6.45) is 0. The van der Waals surface area contributed by atoms with Gasteiger partial charge in [-0.05, 0) is 5.56 Å². The van der Waals surface area contributed by atoms with Crippen molar-refractivity contribution in [2.45, 2.75) is 14.0 Å². The van der Waals surface area contributed by atoms with Gasteiger partial charge in [0.15, 0.2) is 6.73 Å². The van der Waals surface area contributed by atoms with Crippen molar-refractivity contribution in [1.82, 2.24) is 14.9 Å². The Kier molecular flexibility index (Phi) is 6.18. The van der Waals surface area contributed by atoms with Crippen LogP contribution < -0.4 is 10.5 Å². The minimum atomic E-state index is -0.163. The highest BCUT2D eigenvalue weighted by atomic mass is 16.5. The maximum atomic E-state index is 13.1. The third-order valence-corrected chi connectivity index (χ3v) is 4.01. The van der Waals surface area contributed by atoms with Crippen LogP contribution in [0.3, 0.4) is 0 Å². The van der Waals surface area contributed by atoms with Gasteiger partial charge in [-0.1, -0.05) is 68.1 Å². The fourth-order valence-electron chi connectivity index (χ4n) is 2.84. The third-order valence-electron chi connectivity index (χ3n) is 4.01. The van der Waals surface area contributed by atoms with Crippen molar-refractivity contribution in [3.8, 4) is 17.1 Å². The number of fused-ring (bicyclic) bond motifs is 1. The number of rotatable bonds is 3. The molecule has 3 aromatic rings. The molecule has 135 valence electrons. The Labute approximate surface area is 160 Å². The van der Waals surface area contributed by atoms with E-state index in [1.807, 2.05) is 60.7 Å². The molecule has 6 nitrogen and oxygen atoms in total. The average Bonchev–Trinajstić information content (AvgIpc) is 2.65. The summed E-state index contributed by atoms with van der Waals surface area (Å²) in [5.41, 5.74) is 8.46. The number of carbonyl (C=O) groups is 1. The van der Waals surface area contributed by atoms with Crippen LogP contribution in [0.15, 0.2) is 60.7 Å². The largest absolute Gasteiger partial charge is 0.455 e. The van der Waals surface area contributed by atoms with Crippen molar-refractivity contribution in [1.29, 1.82) is 0 Å². The standard InChI is InChI=1S/C19H16N4O2.CH4.B/c20-19-21-16(14-9-5-2-6-10-14)15-17(22-19)25-12-23(18(15)24)11-13-7-3-1-4-8-13;;/h1-10H,11-12H2,(H2,20,21,22);1H4;. The van der Waals surface area contributed by atoms with E-state index in [-0.39, 0.29) is 40.3 Å². The number of benzene rings is 2. The molecule has 1 aromatic heterocycles. The number of carbonyl (C=O) groups excluding carboxylic acids is 1. The zero-order valence-corrected chi connectivity index (χ0v) is 14.0. The fraction of sp³-hybridized carbons (Fsp3) is 0.150. The van der Waals surface area contributed by atoms with E-state index in [0.29, 0.717) is 17.8 Å². The van der Waals surface area contributed by atoms with Gasteiger partial charge in [0.2, 0.25) is 11.8 Å². The van der Waals surface area contributed by atoms with Gasteiger partial charge in [0.1, 0.15) is 5.56 Å². The van der Waals surface area contributed by atoms with Crippen molar-refractivity contribution >= 4 is 20.3 Å². The number of amides is 1. The molecule has 2 heterocycles. The molecule has 3 radical (unpaired) electrons. The van der Waals surface area contributed by atoms with Crippen LogP contribution in [0.4, 0.5) is 5.95 Å². The first-order valence-corrected chi connectivity index (χ1v) is 7.91. The van der Waals surface area contributed by atoms with E-state index in [0.717, 1.165) is 11.1 Å². The van der Waals surface area contributed by atoms with E-state index < -0.39 is 0 Å². The van der Waals surface area contributed by atoms with Crippen LogP contribution in [0.2, 0.25) is 0 Å². The van der Waals surface area contributed by atoms with Gasteiger partial charge in [0.25, 0.3) is 5.91 Å². The first-order chi connectivity index (χ1) is 12.2. The molecule has 0 saturated carbocycles. The summed E-state index contributed by atoms with van der Waals surface area (Å²) in [6, 6.07) is 19.2. The second-order valence-electron chi connectivity index (χ2n) is 5.74. The maximum Gasteiger partial charge on any atom is 0.264 e. The number of nitrogen functional groups attached to an aromatic ring is 1. The molecular weight excluding hydrogens is 339 g/mol. The Morgan fingerprint density at radius 1 is 1.00 bits per heavy atom. The van der Waals surface area contributed by atoms with Gasteiger partial charge in [0, 0.05) is 20.5 Å². The van der Waals surface area contributed by atoms with Crippen molar-refractivity contribution in [3.63, 3.8) is 0 Å². The van der Waals surface area contributed by atoms with Crippen LogP contribution in [0.5, 0.6) is 5.88 Å². The van der Waals surface area contributed by atoms with E-state index in [2.05, 4.69) is 9.97 Å². The van der Waals surface area contributed by atoms with Crippen molar-refractivity contribution < 1.29 is 9.53 Å². The molecule has 0 bridgehead atoms. The molecule has 7 heteroatoms. The zero-order chi connectivity index (χ0) is 17.2. The van der Waals surface area contributed by atoms with E-state index in [1.54, 1.807) is 4.90 Å². The van der Waals surface area contributed by atoms with Gasteiger partial charge < -0.3 is 15.4 Å². The monoisotopic (exact) mass is 359 g/mol. The first kappa shape index (κ1) is 20.0. The van der Waals surface area contributed by atoms with Crippen LogP contribution in [-0.4, -0.2) is 35.9 Å². The Hall–Kier alpha value is -3.35. The average molecular weight is 359 g/mol. The summed E-state index contributed by atoms with van der Waals surface area (Å²) in [5.74, 6) is 0.159. The first-order valence-electron chi connectivity index (χ1n) is 7.91. The van der Waals surface area contributed by atoms with Crippen molar-refractivity contribution in [3.05, 3.63) is 71.8 Å². The molecule has 0 aliphatic carbocycles. The highest BCUT2D eigenvalue weighted by molar-refractivity contribution is 6.02. The van der Waals surface area contributed by atoms with E-state index in [1.165, 1.54) is 0 Å². The van der Waals surface area contributed by atoms with Gasteiger partial charge in [-0.25, -0.2) is 4.98 Å². The molecule has 1 aliphatic rings. The van der Waals surface area contributed by atoms with Gasteiger partial charge in [-0.2, -0.15) is 4.98 Å². The summed E-state index contributed by atoms with van der Waals surface area (Å²) in [6.45, 7) is 0.586. The number of hydrogen-bond donors (Lipinski definition) is 1. The lowest BCUT2D eigenvalue weighted by Gasteiger charge is -2.29. The van der Waals surface area contributed by atoms with E-state index in [9.17, 15) is 4.79 Å². The number of hydrogen-bond acceptors (Lipinski definition) is 5. The fourth-order valence-corrected chi connectivity index (χ4v) is 2.84. The van der Waals surface area contributed by atoms with E-state index >= 15 is 0 Å². The quantitative estimate of drug-likeness (QED) is 0.727. The molecule has 2 aromatic carbocycles. The Morgan fingerprint density at radius 2 is 1.63 bits per heavy atom. The summed E-state index contributed by atoms with van der Waals surface area (Å²) in [4.78, 5) is 23.1. The molecule has 2 N–H and O–H groups in total. The number of anilines is 1. The number of ether oxygens (including phenoxy) is 1. The van der Waals surface area contributed by atoms with Crippen LogP contribution in [-0.2, 0) is 6.54 Å². The summed E-state index contributed by atoms with van der Waals surface area (Å²) < 4.78 is 5.70. The molecular formula is C20H20BN4O2. The van der Waals surface area contributed by atoms with Gasteiger partial charge >= 0.3 is 0 Å². The lowest BCUT2D eigenvalue weighted by molar-refractivity contribution is 0.0486. The molecule has 0 fully saturated rings. The molecule has 0 unspecified atom stereocenters. The molecule has 1 aliphatic heterocycles. The molecule has 0 atom stereocenters. The molecule has 0 saturated heterocycles. The molecule has 1 amide bonds. The van der Waals surface area contributed by atoms with Gasteiger partial charge in [0.05, 0.1) is 5.69 Å². The van der Waals surface area contributed by atoms with E-state index in [4.69, 9.17) is 10.5 Å². The van der Waals surface area contributed by atoms with Crippen LogP contribution in [0.1, 0.15) is 23.3 Å². The van der Waals surface area contributed by atoms with Gasteiger partial charge in [-0.3, -0.25) is 4.79 Å². The van der Waals surface area contributed by atoms with Crippen LogP contribution in [0, 0.1) is 0 Å². The number of nitrogens with zero attached hydrogens (tertiary/aromatic N) is 3. The Morgan fingerprint density at radius 3 is 2.30 bits per heavy atom. The summed E-state index contributed by atoms with van der Waals surface area (Å²) in [5, 5.41) is 0. The minimum Gasteiger partial charge on any atom is -0.455 e. The summed E-state index contributed by atoms with van der Waals surface area (Å²) in [7, 11) is 0. The zero-order valence-electron chi connectivity index (χ0n) is 14.0. The highest BCUT2D eigenvalue weighted by Gasteiger charge is 2.31. The Balaban J connectivity index is 0.00000131. The predicted molar refractivity (Wildman–Crippen MR) is 106 cm³/mol. The van der Waals surface area contributed by atoms with Crippen LogP contribution >= 0.6 is 0 Å². The topological polar surface area (TPSA) is 81.3 Å². The highest BCUT2D eigenvalue weighted by Crippen LogP contribution is 2.32. The molecule has 27 heavy (non-hydrogen) atoms. The second kappa shape index (κ2) is 8.36. The SMILES string of the molecule is C.Nc1nc2c(c(-c3ccccc3)n1)C(=O)N(Cc1ccccc1)CO2.[B]. The lowest BCUT2D eigenvalue weighted by Crippen LogP contribution is -2.39. The number of nitrogens with two attached hydrogens (primary N) is 1. The van der Waals surface area contributed by atoms with Crippen molar-refractivity contribution in [2.24, 2.45) is 0 Å². The second-order valence-corrected chi connectivity index (χ2v) is 5.74. The maximum absolute atomic E-state index is 13.1.